The van der Waals surface area contributed by atoms with Gasteiger partial charge in [0.2, 0.25) is 0 Å². The molecule has 1 atom stereocenters. The van der Waals surface area contributed by atoms with Crippen molar-refractivity contribution in [3.8, 4) is 0 Å². The lowest BCUT2D eigenvalue weighted by Gasteiger charge is -2.01. The Hall–Kier alpha value is -1.61. The predicted octanol–water partition coefficient (Wildman–Crippen LogP) is 5.17. The maximum Gasteiger partial charge on any atom is 0.0724 e. The topological polar surface area (TPSA) is 52.8 Å². The molecule has 0 aromatic carbocycles. The van der Waals surface area contributed by atoms with Crippen LogP contribution in [0.3, 0.4) is 0 Å². The Kier molecular flexibility index (Phi) is 16.2. The van der Waals surface area contributed by atoms with Crippen LogP contribution < -0.4 is 0 Å². The number of unbranched alkanes of at least 4 members (excludes halogenated alkanes) is 4. The molecule has 0 aliphatic carbocycles. The van der Waals surface area contributed by atoms with E-state index in [1.807, 2.05) is 24.3 Å². The van der Waals surface area contributed by atoms with Gasteiger partial charge in [0, 0.05) is 6.21 Å². The lowest BCUT2D eigenvalue weighted by Crippen LogP contribution is -2.01. The molecule has 0 rings (SSSR count). The van der Waals surface area contributed by atoms with E-state index in [2.05, 4.69) is 30.3 Å². The quantitative estimate of drug-likeness (QED) is 0.123. The molecule has 0 aliphatic heterocycles. The first kappa shape index (κ1) is 20.4. The molecule has 3 nitrogen and oxygen atoms in total. The summed E-state index contributed by atoms with van der Waals surface area (Å²) in [7, 11) is 0. The summed E-state index contributed by atoms with van der Waals surface area (Å²) >= 11 is 0. The van der Waals surface area contributed by atoms with Crippen molar-refractivity contribution in [2.24, 2.45) is 5.16 Å². The van der Waals surface area contributed by atoms with Gasteiger partial charge < -0.3 is 10.3 Å². The summed E-state index contributed by atoms with van der Waals surface area (Å²) in [6.45, 7) is 2.22. The van der Waals surface area contributed by atoms with E-state index < -0.39 is 6.10 Å². The van der Waals surface area contributed by atoms with Gasteiger partial charge in [-0.1, -0.05) is 68.4 Å². The molecule has 0 heterocycles. The molecule has 0 unspecified atom stereocenters. The third-order valence-electron chi connectivity index (χ3n) is 3.13. The standard InChI is InChI=1S/C19H31NO2/c1-2-3-4-5-6-7-8-9-10-11-12-13-16-19(21)17-14-15-18-20-22/h6-7,9-13,16,18-19,21-22H,2-5,8,14-15,17H2,1H3/b7-6-,10-9-,12-11+,16-13+,20-18+/t19-/m1/s1. The van der Waals surface area contributed by atoms with Crippen molar-refractivity contribution in [3.63, 3.8) is 0 Å². The summed E-state index contributed by atoms with van der Waals surface area (Å²) in [5.74, 6) is 0. The predicted molar refractivity (Wildman–Crippen MR) is 95.5 cm³/mol. The fourth-order valence-electron chi connectivity index (χ4n) is 1.85. The van der Waals surface area contributed by atoms with Crippen LogP contribution in [0.25, 0.3) is 0 Å². The van der Waals surface area contributed by atoms with Crippen LogP contribution >= 0.6 is 0 Å². The molecular weight excluding hydrogens is 274 g/mol. The van der Waals surface area contributed by atoms with E-state index >= 15 is 0 Å². The summed E-state index contributed by atoms with van der Waals surface area (Å²) in [4.78, 5) is 0. The van der Waals surface area contributed by atoms with Gasteiger partial charge in [-0.15, -0.1) is 5.16 Å². The maximum atomic E-state index is 9.66. The van der Waals surface area contributed by atoms with Gasteiger partial charge >= 0.3 is 0 Å². The number of nitrogens with zero attached hydrogens (tertiary/aromatic N) is 1. The van der Waals surface area contributed by atoms with Crippen LogP contribution in [-0.2, 0) is 0 Å². The largest absolute Gasteiger partial charge is 0.411 e. The number of aliphatic hydroxyl groups is 1. The monoisotopic (exact) mass is 305 g/mol. The smallest absolute Gasteiger partial charge is 0.0724 e. The number of aliphatic hydroxyl groups excluding tert-OH is 1. The first-order valence-corrected chi connectivity index (χ1v) is 8.30. The molecule has 0 spiro atoms. The average molecular weight is 305 g/mol. The molecule has 124 valence electrons. The molecule has 3 heteroatoms. The fourth-order valence-corrected chi connectivity index (χ4v) is 1.85. The van der Waals surface area contributed by atoms with Crippen molar-refractivity contribution in [2.45, 2.75) is 64.4 Å². The Morgan fingerprint density at radius 1 is 0.909 bits per heavy atom. The number of oxime groups is 1. The molecule has 0 aromatic rings. The molecule has 0 radical (unpaired) electrons. The summed E-state index contributed by atoms with van der Waals surface area (Å²) < 4.78 is 0. The maximum absolute atomic E-state index is 9.66. The molecule has 0 saturated heterocycles. The molecular formula is C19H31NO2. The molecule has 22 heavy (non-hydrogen) atoms. The van der Waals surface area contributed by atoms with Crippen molar-refractivity contribution < 1.29 is 10.3 Å². The normalized spacial score (nSPS) is 14.5. The minimum atomic E-state index is -0.438. The highest BCUT2D eigenvalue weighted by atomic mass is 16.4. The Bertz CT molecular complexity index is 368. The number of allylic oxidation sites excluding steroid dienone is 7. The van der Waals surface area contributed by atoms with Crippen LogP contribution in [-0.4, -0.2) is 22.6 Å². The minimum Gasteiger partial charge on any atom is -0.411 e. The number of hydrogen-bond donors (Lipinski definition) is 2. The average Bonchev–Trinajstić information content (AvgIpc) is 2.52. The van der Waals surface area contributed by atoms with Gasteiger partial charge in [0.15, 0.2) is 0 Å². The van der Waals surface area contributed by atoms with Gasteiger partial charge in [-0.3, -0.25) is 0 Å². The molecule has 2 N–H and O–H groups in total. The van der Waals surface area contributed by atoms with Gasteiger partial charge in [-0.25, -0.2) is 0 Å². The third kappa shape index (κ3) is 16.4. The fraction of sp³-hybridized carbons (Fsp3) is 0.526. The van der Waals surface area contributed by atoms with Crippen molar-refractivity contribution in [3.05, 3.63) is 48.6 Å². The molecule has 0 aliphatic rings. The minimum absolute atomic E-state index is 0.438. The van der Waals surface area contributed by atoms with Gasteiger partial charge in [0.05, 0.1) is 6.10 Å². The van der Waals surface area contributed by atoms with Gasteiger partial charge in [-0.05, 0) is 38.5 Å². The van der Waals surface area contributed by atoms with Gasteiger partial charge in [0.1, 0.15) is 0 Å². The second-order valence-electron chi connectivity index (χ2n) is 5.20. The number of rotatable bonds is 13. The van der Waals surface area contributed by atoms with Crippen molar-refractivity contribution in [1.29, 1.82) is 0 Å². The lowest BCUT2D eigenvalue weighted by molar-refractivity contribution is 0.210. The summed E-state index contributed by atoms with van der Waals surface area (Å²) in [5.41, 5.74) is 0. The number of hydrogen-bond acceptors (Lipinski definition) is 3. The summed E-state index contributed by atoms with van der Waals surface area (Å²) in [5, 5.41) is 20.8. The zero-order valence-electron chi connectivity index (χ0n) is 13.8. The van der Waals surface area contributed by atoms with E-state index in [0.717, 1.165) is 12.8 Å². The van der Waals surface area contributed by atoms with Gasteiger partial charge in [0.25, 0.3) is 0 Å². The van der Waals surface area contributed by atoms with Crippen molar-refractivity contribution in [1.82, 2.24) is 0 Å². The van der Waals surface area contributed by atoms with Crippen LogP contribution in [0.2, 0.25) is 0 Å². The van der Waals surface area contributed by atoms with E-state index in [0.29, 0.717) is 12.8 Å². The molecule has 0 bridgehead atoms. The zero-order valence-corrected chi connectivity index (χ0v) is 13.8. The summed E-state index contributed by atoms with van der Waals surface area (Å²) in [6, 6.07) is 0. The zero-order chi connectivity index (χ0) is 16.3. The first-order valence-electron chi connectivity index (χ1n) is 8.30. The molecule has 0 saturated carbocycles. The molecule has 0 amide bonds. The van der Waals surface area contributed by atoms with E-state index in [1.54, 1.807) is 6.08 Å². The Balaban J connectivity index is 3.62. The Morgan fingerprint density at radius 3 is 2.50 bits per heavy atom. The second-order valence-corrected chi connectivity index (χ2v) is 5.20. The van der Waals surface area contributed by atoms with Crippen molar-refractivity contribution in [2.75, 3.05) is 0 Å². The highest BCUT2D eigenvalue weighted by molar-refractivity contribution is 5.55. The van der Waals surface area contributed by atoms with E-state index in [-0.39, 0.29) is 0 Å². The van der Waals surface area contributed by atoms with Crippen LogP contribution in [0.15, 0.2) is 53.8 Å². The second kappa shape index (κ2) is 17.4. The Morgan fingerprint density at radius 2 is 1.73 bits per heavy atom. The SMILES string of the molecule is CCCCC/C=C\C\C=C/C=C/C=C/[C@@H](O)CCC/C=N/O. The lowest BCUT2D eigenvalue weighted by atomic mass is 10.1. The highest BCUT2D eigenvalue weighted by Gasteiger charge is 1.96. The van der Waals surface area contributed by atoms with E-state index in [4.69, 9.17) is 5.21 Å². The highest BCUT2D eigenvalue weighted by Crippen LogP contribution is 2.02. The Labute approximate surface area is 135 Å². The van der Waals surface area contributed by atoms with Crippen LogP contribution in [0, 0.1) is 0 Å². The van der Waals surface area contributed by atoms with Crippen LogP contribution in [0.5, 0.6) is 0 Å². The van der Waals surface area contributed by atoms with Crippen LogP contribution in [0.4, 0.5) is 0 Å². The van der Waals surface area contributed by atoms with Crippen LogP contribution in [0.1, 0.15) is 58.3 Å². The first-order chi connectivity index (χ1) is 10.8. The molecule has 0 fully saturated rings. The van der Waals surface area contributed by atoms with Gasteiger partial charge in [-0.2, -0.15) is 0 Å². The van der Waals surface area contributed by atoms with E-state index in [9.17, 15) is 5.11 Å². The van der Waals surface area contributed by atoms with Crippen molar-refractivity contribution >= 4 is 6.21 Å². The van der Waals surface area contributed by atoms with E-state index in [1.165, 1.54) is 31.9 Å². The molecule has 0 aromatic heterocycles. The summed E-state index contributed by atoms with van der Waals surface area (Å²) in [6.07, 6.45) is 25.3. The third-order valence-corrected chi connectivity index (χ3v) is 3.13.